The van der Waals surface area contributed by atoms with Crippen molar-refractivity contribution in [1.82, 2.24) is 4.57 Å². The summed E-state index contributed by atoms with van der Waals surface area (Å²) in [6, 6.07) is 4.89. The van der Waals surface area contributed by atoms with E-state index in [2.05, 4.69) is 0 Å². The molecule has 0 fully saturated rings. The number of nitrogens with zero attached hydrogens (tertiary/aromatic N) is 1. The van der Waals surface area contributed by atoms with E-state index in [1.54, 1.807) is 12.1 Å². The fourth-order valence-corrected chi connectivity index (χ4v) is 1.91. The highest BCUT2D eigenvalue weighted by molar-refractivity contribution is 6.35. The number of rotatable bonds is 4. The number of nitrogens with two attached hydrogens (primary N) is 1. The molecular formula is C14H14ClFN2O4. The van der Waals surface area contributed by atoms with Crippen LogP contribution >= 0.6 is 11.6 Å². The first-order valence-electron chi connectivity index (χ1n) is 6.13. The Bertz CT molecular complexity index is 696. The van der Waals surface area contributed by atoms with Crippen molar-refractivity contribution in [2.24, 2.45) is 5.73 Å². The SMILES string of the molecule is NCCn1ccc2c(Cl)c(F)ccc21.O=C(O)C=CC(=O)O. The number of carboxylic acids is 2. The summed E-state index contributed by atoms with van der Waals surface area (Å²) in [6.45, 7) is 1.27. The van der Waals surface area contributed by atoms with Gasteiger partial charge in [0.05, 0.1) is 5.02 Å². The van der Waals surface area contributed by atoms with Crippen LogP contribution < -0.4 is 5.73 Å². The highest BCUT2D eigenvalue weighted by atomic mass is 35.5. The van der Waals surface area contributed by atoms with Gasteiger partial charge in [0.2, 0.25) is 0 Å². The molecular weight excluding hydrogens is 315 g/mol. The molecule has 2 rings (SSSR count). The third-order valence-corrected chi connectivity index (χ3v) is 2.96. The lowest BCUT2D eigenvalue weighted by atomic mass is 10.2. The molecule has 0 aliphatic heterocycles. The fraction of sp³-hybridized carbons (Fsp3) is 0.143. The molecule has 0 amide bonds. The Kier molecular flexibility index (Phi) is 6.55. The van der Waals surface area contributed by atoms with E-state index >= 15 is 0 Å². The molecule has 0 saturated carbocycles. The molecule has 118 valence electrons. The molecule has 0 aliphatic rings. The number of fused-ring (bicyclic) bond motifs is 1. The largest absolute Gasteiger partial charge is 0.478 e. The highest BCUT2D eigenvalue weighted by Crippen LogP contribution is 2.26. The molecule has 1 aromatic heterocycles. The van der Waals surface area contributed by atoms with Gasteiger partial charge in [-0.2, -0.15) is 0 Å². The van der Waals surface area contributed by atoms with Gasteiger partial charge in [0, 0.05) is 42.3 Å². The maximum atomic E-state index is 13.1. The Hall–Kier alpha value is -2.38. The predicted octanol–water partition coefficient (Wildman–Crippen LogP) is 2.10. The summed E-state index contributed by atoms with van der Waals surface area (Å²) in [5, 5.41) is 16.5. The van der Waals surface area contributed by atoms with Gasteiger partial charge >= 0.3 is 11.9 Å². The van der Waals surface area contributed by atoms with Gasteiger partial charge in [-0.25, -0.2) is 14.0 Å². The maximum absolute atomic E-state index is 13.1. The van der Waals surface area contributed by atoms with Gasteiger partial charge in [-0.3, -0.25) is 0 Å². The van der Waals surface area contributed by atoms with Crippen LogP contribution in [0.1, 0.15) is 0 Å². The third-order valence-electron chi connectivity index (χ3n) is 2.58. The molecule has 1 aromatic carbocycles. The molecule has 0 atom stereocenters. The molecule has 8 heteroatoms. The van der Waals surface area contributed by atoms with Crippen LogP contribution in [0.4, 0.5) is 4.39 Å². The first-order valence-corrected chi connectivity index (χ1v) is 6.51. The Labute approximate surface area is 130 Å². The summed E-state index contributed by atoms with van der Waals surface area (Å²) in [6.07, 6.45) is 2.98. The number of hydrogen-bond donors (Lipinski definition) is 3. The summed E-state index contributed by atoms with van der Waals surface area (Å²) in [5.41, 5.74) is 6.37. The Morgan fingerprint density at radius 2 is 1.82 bits per heavy atom. The van der Waals surface area contributed by atoms with Crippen molar-refractivity contribution in [2.45, 2.75) is 6.54 Å². The van der Waals surface area contributed by atoms with E-state index < -0.39 is 11.9 Å². The zero-order valence-corrected chi connectivity index (χ0v) is 12.1. The summed E-state index contributed by atoms with van der Waals surface area (Å²) >= 11 is 5.82. The standard InChI is InChI=1S/C10H10ClFN2.C4H4O4/c11-10-7-3-5-14(6-4-13)9(7)2-1-8(10)12;5-3(6)1-2-4(7)8/h1-3,5H,4,6,13H2;1-2H,(H,5,6)(H,7,8). The maximum Gasteiger partial charge on any atom is 0.328 e. The van der Waals surface area contributed by atoms with Gasteiger partial charge < -0.3 is 20.5 Å². The van der Waals surface area contributed by atoms with Crippen LogP contribution in [0.2, 0.25) is 5.02 Å². The van der Waals surface area contributed by atoms with Gasteiger partial charge in [-0.15, -0.1) is 0 Å². The van der Waals surface area contributed by atoms with Crippen molar-refractivity contribution in [3.63, 3.8) is 0 Å². The second kappa shape index (κ2) is 8.16. The topological polar surface area (TPSA) is 106 Å². The van der Waals surface area contributed by atoms with Crippen LogP contribution in [-0.4, -0.2) is 33.3 Å². The predicted molar refractivity (Wildman–Crippen MR) is 80.4 cm³/mol. The van der Waals surface area contributed by atoms with Crippen LogP contribution in [0.5, 0.6) is 0 Å². The molecule has 0 unspecified atom stereocenters. The van der Waals surface area contributed by atoms with E-state index in [9.17, 15) is 14.0 Å². The summed E-state index contributed by atoms with van der Waals surface area (Å²) in [7, 11) is 0. The molecule has 6 nitrogen and oxygen atoms in total. The number of aliphatic carboxylic acids is 2. The van der Waals surface area contributed by atoms with E-state index in [-0.39, 0.29) is 10.8 Å². The summed E-state index contributed by atoms with van der Waals surface area (Å²) < 4.78 is 15.0. The van der Waals surface area contributed by atoms with E-state index in [0.717, 1.165) is 10.9 Å². The minimum Gasteiger partial charge on any atom is -0.478 e. The van der Waals surface area contributed by atoms with Gasteiger partial charge in [-0.1, -0.05) is 11.6 Å². The molecule has 1 heterocycles. The van der Waals surface area contributed by atoms with Crippen molar-refractivity contribution in [1.29, 1.82) is 0 Å². The molecule has 2 aromatic rings. The zero-order chi connectivity index (χ0) is 16.7. The molecule has 0 saturated heterocycles. The second-order valence-corrected chi connectivity index (χ2v) is 4.48. The van der Waals surface area contributed by atoms with Crippen LogP contribution in [0, 0.1) is 5.82 Å². The smallest absolute Gasteiger partial charge is 0.328 e. The Morgan fingerprint density at radius 3 is 2.32 bits per heavy atom. The molecule has 0 radical (unpaired) electrons. The van der Waals surface area contributed by atoms with E-state index in [1.165, 1.54) is 6.07 Å². The van der Waals surface area contributed by atoms with Crippen LogP contribution in [-0.2, 0) is 16.1 Å². The lowest BCUT2D eigenvalue weighted by Crippen LogP contribution is -2.08. The van der Waals surface area contributed by atoms with Crippen molar-refractivity contribution < 1.29 is 24.2 Å². The Balaban J connectivity index is 0.000000261. The minimum absolute atomic E-state index is 0.179. The number of carbonyl (C=O) groups is 2. The van der Waals surface area contributed by atoms with Crippen molar-refractivity contribution in [2.75, 3.05) is 6.54 Å². The average molecular weight is 329 g/mol. The lowest BCUT2D eigenvalue weighted by Gasteiger charge is -2.03. The average Bonchev–Trinajstić information content (AvgIpc) is 2.86. The number of hydrogen-bond acceptors (Lipinski definition) is 3. The Morgan fingerprint density at radius 1 is 1.23 bits per heavy atom. The molecule has 0 spiro atoms. The van der Waals surface area contributed by atoms with E-state index in [1.807, 2.05) is 10.8 Å². The van der Waals surface area contributed by atoms with Gasteiger partial charge in [-0.05, 0) is 18.2 Å². The molecule has 4 N–H and O–H groups in total. The monoisotopic (exact) mass is 328 g/mol. The first-order chi connectivity index (χ1) is 10.4. The van der Waals surface area contributed by atoms with Crippen molar-refractivity contribution in [3.05, 3.63) is 47.4 Å². The second-order valence-electron chi connectivity index (χ2n) is 4.10. The first kappa shape index (κ1) is 17.7. The minimum atomic E-state index is -1.26. The summed E-state index contributed by atoms with van der Waals surface area (Å²) in [4.78, 5) is 19.1. The van der Waals surface area contributed by atoms with E-state index in [0.29, 0.717) is 25.2 Å². The van der Waals surface area contributed by atoms with Crippen molar-refractivity contribution in [3.8, 4) is 0 Å². The number of halogens is 2. The molecule has 22 heavy (non-hydrogen) atoms. The third kappa shape index (κ3) is 4.87. The van der Waals surface area contributed by atoms with Crippen LogP contribution in [0.15, 0.2) is 36.5 Å². The van der Waals surface area contributed by atoms with Crippen LogP contribution in [0.25, 0.3) is 10.9 Å². The van der Waals surface area contributed by atoms with Gasteiger partial charge in [0.15, 0.2) is 0 Å². The number of aromatic nitrogens is 1. The number of benzene rings is 1. The lowest BCUT2D eigenvalue weighted by molar-refractivity contribution is -0.134. The molecule has 0 bridgehead atoms. The highest BCUT2D eigenvalue weighted by Gasteiger charge is 2.07. The van der Waals surface area contributed by atoms with Crippen molar-refractivity contribution >= 4 is 34.4 Å². The van der Waals surface area contributed by atoms with E-state index in [4.69, 9.17) is 27.5 Å². The van der Waals surface area contributed by atoms with Gasteiger partial charge in [0.25, 0.3) is 0 Å². The van der Waals surface area contributed by atoms with Crippen LogP contribution in [0.3, 0.4) is 0 Å². The quantitative estimate of drug-likeness (QED) is 0.745. The fourth-order valence-electron chi connectivity index (χ4n) is 1.69. The summed E-state index contributed by atoms with van der Waals surface area (Å²) in [5.74, 6) is -2.90. The molecule has 0 aliphatic carbocycles. The zero-order valence-electron chi connectivity index (χ0n) is 11.4. The van der Waals surface area contributed by atoms with Gasteiger partial charge in [0.1, 0.15) is 5.82 Å². The normalized spacial score (nSPS) is 10.5. The number of carboxylic acid groups (broad SMARTS) is 2.